The molecule has 0 radical (unpaired) electrons. The molecule has 0 amide bonds. The van der Waals surface area contributed by atoms with Gasteiger partial charge in [0, 0.05) is 11.5 Å². The van der Waals surface area contributed by atoms with E-state index in [9.17, 15) is 4.39 Å². The summed E-state index contributed by atoms with van der Waals surface area (Å²) in [5, 5.41) is 3.40. The first-order chi connectivity index (χ1) is 9.24. The molecule has 0 spiro atoms. The molecule has 2 unspecified atom stereocenters. The zero-order chi connectivity index (χ0) is 13.2. The van der Waals surface area contributed by atoms with Gasteiger partial charge in [0.05, 0.1) is 24.5 Å². The van der Waals surface area contributed by atoms with Crippen LogP contribution in [0.25, 0.3) is 0 Å². The first kappa shape index (κ1) is 12.0. The topological polar surface area (TPSA) is 34.1 Å². The number of hydrogen-bond acceptors (Lipinski definition) is 3. The monoisotopic (exact) mass is 258 g/mol. The van der Waals surface area contributed by atoms with E-state index in [4.69, 9.17) is 4.74 Å². The molecule has 0 saturated heterocycles. The third-order valence-corrected chi connectivity index (χ3v) is 3.37. The van der Waals surface area contributed by atoms with Gasteiger partial charge in [0.25, 0.3) is 0 Å². The predicted molar refractivity (Wildman–Crippen MR) is 71.7 cm³/mol. The summed E-state index contributed by atoms with van der Waals surface area (Å²) in [5.74, 6) is 0.777. The lowest BCUT2D eigenvalue weighted by molar-refractivity contribution is 0.214. The Balaban J connectivity index is 1.89. The summed E-state index contributed by atoms with van der Waals surface area (Å²) in [5.41, 5.74) is 1.94. The number of rotatable bonds is 2. The molecule has 2 atom stereocenters. The molecule has 1 aromatic carbocycles. The molecule has 0 saturated carbocycles. The van der Waals surface area contributed by atoms with Crippen molar-refractivity contribution in [2.75, 3.05) is 11.9 Å². The van der Waals surface area contributed by atoms with Gasteiger partial charge in [-0.15, -0.1) is 0 Å². The third kappa shape index (κ3) is 2.38. The Kier molecular flexibility index (Phi) is 3.07. The van der Waals surface area contributed by atoms with Crippen LogP contribution in [-0.2, 0) is 0 Å². The minimum atomic E-state index is -0.467. The lowest BCUT2D eigenvalue weighted by Gasteiger charge is -2.32. The van der Waals surface area contributed by atoms with E-state index in [0.29, 0.717) is 12.5 Å². The number of halogens is 1. The van der Waals surface area contributed by atoms with Crippen LogP contribution in [0.15, 0.2) is 42.6 Å². The second-order valence-electron chi connectivity index (χ2n) is 4.82. The van der Waals surface area contributed by atoms with Gasteiger partial charge in [0.2, 0.25) is 5.95 Å². The maximum Gasteiger partial charge on any atom is 0.212 e. The maximum atomic E-state index is 12.8. The quantitative estimate of drug-likeness (QED) is 0.838. The SMILES string of the molecule is CC1COc2ccccc2C1Nc1ccc(F)nc1. The van der Waals surface area contributed by atoms with Gasteiger partial charge >= 0.3 is 0 Å². The van der Waals surface area contributed by atoms with E-state index >= 15 is 0 Å². The molecule has 1 N–H and O–H groups in total. The molecule has 19 heavy (non-hydrogen) atoms. The van der Waals surface area contributed by atoms with Crippen LogP contribution in [0.4, 0.5) is 10.1 Å². The minimum absolute atomic E-state index is 0.150. The van der Waals surface area contributed by atoms with Gasteiger partial charge in [-0.05, 0) is 18.2 Å². The van der Waals surface area contributed by atoms with Gasteiger partial charge in [-0.1, -0.05) is 25.1 Å². The van der Waals surface area contributed by atoms with E-state index in [2.05, 4.69) is 23.3 Å². The number of benzene rings is 1. The van der Waals surface area contributed by atoms with Crippen molar-refractivity contribution in [2.45, 2.75) is 13.0 Å². The fourth-order valence-corrected chi connectivity index (χ4v) is 2.35. The molecule has 1 aliphatic heterocycles. The molecular formula is C15H15FN2O. The number of anilines is 1. The first-order valence-electron chi connectivity index (χ1n) is 6.34. The highest BCUT2D eigenvalue weighted by Crippen LogP contribution is 2.37. The second-order valence-corrected chi connectivity index (χ2v) is 4.82. The highest BCUT2D eigenvalue weighted by molar-refractivity contribution is 5.47. The van der Waals surface area contributed by atoms with Crippen molar-refractivity contribution in [1.29, 1.82) is 0 Å². The minimum Gasteiger partial charge on any atom is -0.493 e. The van der Waals surface area contributed by atoms with Crippen molar-refractivity contribution in [3.8, 4) is 5.75 Å². The van der Waals surface area contributed by atoms with Gasteiger partial charge in [-0.2, -0.15) is 4.39 Å². The Labute approximate surface area is 111 Å². The highest BCUT2D eigenvalue weighted by atomic mass is 19.1. The molecule has 2 heterocycles. The maximum absolute atomic E-state index is 12.8. The fourth-order valence-electron chi connectivity index (χ4n) is 2.35. The number of hydrogen-bond donors (Lipinski definition) is 1. The molecule has 98 valence electrons. The molecule has 1 aromatic heterocycles. The summed E-state index contributed by atoms with van der Waals surface area (Å²) >= 11 is 0. The van der Waals surface area contributed by atoms with Gasteiger partial charge < -0.3 is 10.1 Å². The smallest absolute Gasteiger partial charge is 0.212 e. The summed E-state index contributed by atoms with van der Waals surface area (Å²) in [6, 6.07) is 11.2. The number of nitrogens with zero attached hydrogens (tertiary/aromatic N) is 1. The Morgan fingerprint density at radius 1 is 1.26 bits per heavy atom. The van der Waals surface area contributed by atoms with E-state index in [1.807, 2.05) is 18.2 Å². The lowest BCUT2D eigenvalue weighted by Crippen LogP contribution is -2.28. The summed E-state index contributed by atoms with van der Waals surface area (Å²) in [6.07, 6.45) is 1.51. The number of para-hydroxylation sites is 1. The van der Waals surface area contributed by atoms with Crippen LogP contribution >= 0.6 is 0 Å². The van der Waals surface area contributed by atoms with Crippen molar-refractivity contribution >= 4 is 5.69 Å². The van der Waals surface area contributed by atoms with E-state index in [1.54, 1.807) is 6.07 Å². The first-order valence-corrected chi connectivity index (χ1v) is 6.34. The Hall–Kier alpha value is -2.10. The van der Waals surface area contributed by atoms with Crippen LogP contribution in [0.5, 0.6) is 5.75 Å². The molecule has 4 heteroatoms. The second kappa shape index (κ2) is 4.88. The average molecular weight is 258 g/mol. The van der Waals surface area contributed by atoms with Crippen LogP contribution in [0.2, 0.25) is 0 Å². The highest BCUT2D eigenvalue weighted by Gasteiger charge is 2.27. The summed E-state index contributed by atoms with van der Waals surface area (Å²) in [7, 11) is 0. The van der Waals surface area contributed by atoms with E-state index in [0.717, 1.165) is 17.0 Å². The molecule has 3 nitrogen and oxygen atoms in total. The van der Waals surface area contributed by atoms with E-state index < -0.39 is 5.95 Å². The number of pyridine rings is 1. The molecule has 1 aliphatic rings. The van der Waals surface area contributed by atoms with Crippen molar-refractivity contribution in [1.82, 2.24) is 4.98 Å². The Morgan fingerprint density at radius 3 is 2.89 bits per heavy atom. The third-order valence-electron chi connectivity index (χ3n) is 3.37. The fraction of sp³-hybridized carbons (Fsp3) is 0.267. The van der Waals surface area contributed by atoms with Gasteiger partial charge in [-0.25, -0.2) is 4.98 Å². The van der Waals surface area contributed by atoms with Crippen LogP contribution in [-0.4, -0.2) is 11.6 Å². The lowest BCUT2D eigenvalue weighted by atomic mass is 9.92. The molecule has 0 aliphatic carbocycles. The average Bonchev–Trinajstić information content (AvgIpc) is 2.44. The zero-order valence-electron chi connectivity index (χ0n) is 10.6. The van der Waals surface area contributed by atoms with Crippen molar-refractivity contribution in [3.63, 3.8) is 0 Å². The number of nitrogens with one attached hydrogen (secondary N) is 1. The predicted octanol–water partition coefficient (Wildman–Crippen LogP) is 3.40. The summed E-state index contributed by atoms with van der Waals surface area (Å²) < 4.78 is 18.5. The number of aromatic nitrogens is 1. The molecular weight excluding hydrogens is 243 g/mol. The van der Waals surface area contributed by atoms with Gasteiger partial charge in [-0.3, -0.25) is 0 Å². The molecule has 0 bridgehead atoms. The Bertz CT molecular complexity index is 571. The van der Waals surface area contributed by atoms with Crippen molar-refractivity contribution in [2.24, 2.45) is 5.92 Å². The van der Waals surface area contributed by atoms with Crippen molar-refractivity contribution in [3.05, 3.63) is 54.1 Å². The van der Waals surface area contributed by atoms with Gasteiger partial charge in [0.15, 0.2) is 0 Å². The van der Waals surface area contributed by atoms with Gasteiger partial charge in [0.1, 0.15) is 5.75 Å². The largest absolute Gasteiger partial charge is 0.493 e. The summed E-state index contributed by atoms with van der Waals surface area (Å²) in [4.78, 5) is 3.67. The molecule has 2 aromatic rings. The Morgan fingerprint density at radius 2 is 2.11 bits per heavy atom. The van der Waals surface area contributed by atoms with Crippen LogP contribution in [0.1, 0.15) is 18.5 Å². The van der Waals surface area contributed by atoms with Crippen molar-refractivity contribution < 1.29 is 9.13 Å². The normalized spacial score (nSPS) is 21.4. The number of ether oxygens (including phenoxy) is 1. The van der Waals surface area contributed by atoms with Crippen LogP contribution in [0, 0.1) is 11.9 Å². The van der Waals surface area contributed by atoms with Crippen LogP contribution in [0.3, 0.4) is 0 Å². The standard InChI is InChI=1S/C15H15FN2O/c1-10-9-19-13-5-3-2-4-12(13)15(10)18-11-6-7-14(16)17-8-11/h2-8,10,15,18H,9H2,1H3. The van der Waals surface area contributed by atoms with E-state index in [-0.39, 0.29) is 6.04 Å². The van der Waals surface area contributed by atoms with Crippen LogP contribution < -0.4 is 10.1 Å². The van der Waals surface area contributed by atoms with E-state index in [1.165, 1.54) is 12.3 Å². The number of fused-ring (bicyclic) bond motifs is 1. The summed E-state index contributed by atoms with van der Waals surface area (Å²) in [6.45, 7) is 2.80. The molecule has 0 fully saturated rings. The molecule has 3 rings (SSSR count). The zero-order valence-corrected chi connectivity index (χ0v) is 10.6.